The van der Waals surface area contributed by atoms with Gasteiger partial charge in [0.05, 0.1) is 6.61 Å². The maximum absolute atomic E-state index is 6.04. The van der Waals surface area contributed by atoms with Gasteiger partial charge in [0.25, 0.3) is 0 Å². The lowest BCUT2D eigenvalue weighted by atomic mass is 9.76. The first-order valence-electron chi connectivity index (χ1n) is 14.0. The Bertz CT molecular complexity index is 556. The van der Waals surface area contributed by atoms with E-state index in [1.807, 2.05) is 0 Å². The zero-order valence-corrected chi connectivity index (χ0v) is 21.2. The van der Waals surface area contributed by atoms with Gasteiger partial charge in [0, 0.05) is 0 Å². The summed E-state index contributed by atoms with van der Waals surface area (Å²) in [6.45, 7) is 7.74. The molecule has 0 atom stereocenters. The lowest BCUT2D eigenvalue weighted by Gasteiger charge is -2.30. The molecule has 0 N–H and O–H groups in total. The first-order chi connectivity index (χ1) is 15.2. The van der Waals surface area contributed by atoms with Crippen molar-refractivity contribution in [1.82, 2.24) is 0 Å². The summed E-state index contributed by atoms with van der Waals surface area (Å²) in [4.78, 5) is 0. The molecule has 2 rings (SSSR count). The summed E-state index contributed by atoms with van der Waals surface area (Å²) in [5.74, 6) is 2.84. The van der Waals surface area contributed by atoms with Gasteiger partial charge in [0.1, 0.15) is 5.75 Å². The fourth-order valence-corrected chi connectivity index (χ4v) is 5.42. The summed E-state index contributed by atoms with van der Waals surface area (Å²) in [6, 6.07) is 6.88. The minimum absolute atomic E-state index is 0.776. The number of benzene rings is 1. The number of aryl methyl sites for hydroxylation is 1. The maximum atomic E-state index is 6.04. The monoisotopic (exact) mass is 428 g/mol. The van der Waals surface area contributed by atoms with Crippen molar-refractivity contribution in [3.8, 4) is 5.75 Å². The average Bonchev–Trinajstić information content (AvgIpc) is 2.78. The molecule has 0 heterocycles. The quantitative estimate of drug-likeness (QED) is 0.224. The van der Waals surface area contributed by atoms with Crippen molar-refractivity contribution in [3.63, 3.8) is 0 Å². The van der Waals surface area contributed by atoms with Crippen molar-refractivity contribution < 1.29 is 4.74 Å². The van der Waals surface area contributed by atoms with Crippen molar-refractivity contribution in [2.24, 2.45) is 5.92 Å². The summed E-state index contributed by atoms with van der Waals surface area (Å²) in [5, 5.41) is 0. The van der Waals surface area contributed by atoms with Crippen LogP contribution in [0.3, 0.4) is 0 Å². The molecule has 0 aromatic heterocycles. The molecule has 0 saturated heterocycles. The smallest absolute Gasteiger partial charge is 0.119 e. The van der Waals surface area contributed by atoms with Crippen molar-refractivity contribution >= 4 is 0 Å². The normalized spacial score (nSPS) is 18.9. The molecule has 1 saturated carbocycles. The fraction of sp³-hybridized carbons (Fsp3) is 0.800. The van der Waals surface area contributed by atoms with Gasteiger partial charge in [-0.3, -0.25) is 0 Å². The van der Waals surface area contributed by atoms with Gasteiger partial charge < -0.3 is 4.74 Å². The molecule has 1 aliphatic rings. The van der Waals surface area contributed by atoms with Gasteiger partial charge in [-0.25, -0.2) is 0 Å². The molecule has 31 heavy (non-hydrogen) atoms. The maximum Gasteiger partial charge on any atom is 0.119 e. The van der Waals surface area contributed by atoms with E-state index in [4.69, 9.17) is 4.74 Å². The van der Waals surface area contributed by atoms with Gasteiger partial charge in [-0.05, 0) is 74.1 Å². The molecule has 1 aromatic carbocycles. The Balaban J connectivity index is 1.61. The molecule has 1 heteroatoms. The van der Waals surface area contributed by atoms with Crippen LogP contribution in [-0.2, 0) is 0 Å². The summed E-state index contributed by atoms with van der Waals surface area (Å²) < 4.78 is 6.04. The second-order valence-electron chi connectivity index (χ2n) is 10.3. The van der Waals surface area contributed by atoms with Crippen LogP contribution in [-0.4, -0.2) is 6.61 Å². The van der Waals surface area contributed by atoms with E-state index in [2.05, 4.69) is 39.0 Å². The third kappa shape index (κ3) is 10.9. The van der Waals surface area contributed by atoms with Gasteiger partial charge in [-0.2, -0.15) is 0 Å². The highest BCUT2D eigenvalue weighted by Crippen LogP contribution is 2.39. The van der Waals surface area contributed by atoms with E-state index in [1.165, 1.54) is 121 Å². The number of hydrogen-bond acceptors (Lipinski definition) is 1. The molecule has 1 aliphatic carbocycles. The van der Waals surface area contributed by atoms with Gasteiger partial charge in [-0.1, -0.05) is 103 Å². The van der Waals surface area contributed by atoms with E-state index in [1.54, 1.807) is 5.56 Å². The van der Waals surface area contributed by atoms with Crippen molar-refractivity contribution in [2.45, 2.75) is 142 Å². The number of hydrogen-bond donors (Lipinski definition) is 0. The molecular formula is C30H52O. The van der Waals surface area contributed by atoms with E-state index in [0.717, 1.165) is 24.2 Å². The highest BCUT2D eigenvalue weighted by Gasteiger charge is 2.23. The topological polar surface area (TPSA) is 9.23 Å². The van der Waals surface area contributed by atoms with Crippen LogP contribution in [0.1, 0.15) is 146 Å². The van der Waals surface area contributed by atoms with Crippen LogP contribution in [0.2, 0.25) is 0 Å². The second-order valence-corrected chi connectivity index (χ2v) is 10.3. The van der Waals surface area contributed by atoms with Crippen molar-refractivity contribution in [2.75, 3.05) is 6.61 Å². The minimum atomic E-state index is 0.776. The molecule has 1 nitrogen and oxygen atoms in total. The lowest BCUT2D eigenvalue weighted by molar-refractivity contribution is 0.298. The molecule has 0 spiro atoms. The van der Waals surface area contributed by atoms with E-state index in [9.17, 15) is 0 Å². The van der Waals surface area contributed by atoms with Crippen LogP contribution in [0.4, 0.5) is 0 Å². The summed E-state index contributed by atoms with van der Waals surface area (Å²) in [7, 11) is 0. The SMILES string of the molecule is CCCCCCCCC[C@H]1CC[C@H](c2ccc(OCCCCCCCC)cc2C)CC1. The van der Waals surface area contributed by atoms with Gasteiger partial charge in [-0.15, -0.1) is 0 Å². The second kappa shape index (κ2) is 16.6. The Kier molecular flexibility index (Phi) is 14.1. The Labute approximate surface area is 194 Å². The van der Waals surface area contributed by atoms with E-state index >= 15 is 0 Å². The third-order valence-corrected chi connectivity index (χ3v) is 7.51. The molecule has 0 aliphatic heterocycles. The Hall–Kier alpha value is -0.980. The van der Waals surface area contributed by atoms with Crippen LogP contribution < -0.4 is 4.74 Å². The van der Waals surface area contributed by atoms with Crippen molar-refractivity contribution in [3.05, 3.63) is 29.3 Å². The molecule has 0 radical (unpaired) electrons. The molecular weight excluding hydrogens is 376 g/mol. The van der Waals surface area contributed by atoms with Crippen LogP contribution >= 0.6 is 0 Å². The highest BCUT2D eigenvalue weighted by atomic mass is 16.5. The van der Waals surface area contributed by atoms with Gasteiger partial charge >= 0.3 is 0 Å². The number of rotatable bonds is 17. The van der Waals surface area contributed by atoms with Gasteiger partial charge in [0.15, 0.2) is 0 Å². The summed E-state index contributed by atoms with van der Waals surface area (Å²) >= 11 is 0. The van der Waals surface area contributed by atoms with Crippen molar-refractivity contribution in [1.29, 1.82) is 0 Å². The van der Waals surface area contributed by atoms with Crippen LogP contribution in [0.25, 0.3) is 0 Å². The molecule has 1 fully saturated rings. The standard InChI is InChI=1S/C30H52O/c1-4-6-8-10-12-13-15-17-27-18-20-28(21-19-27)30-23-22-29(25-26(30)3)31-24-16-14-11-9-7-5-2/h22-23,25,27-28H,4-21,24H2,1-3H3/t27-,28-. The van der Waals surface area contributed by atoms with E-state index in [0.29, 0.717) is 0 Å². The third-order valence-electron chi connectivity index (χ3n) is 7.51. The Morgan fingerprint density at radius 2 is 1.29 bits per heavy atom. The molecule has 0 amide bonds. The van der Waals surface area contributed by atoms with Crippen LogP contribution in [0.15, 0.2) is 18.2 Å². The zero-order valence-electron chi connectivity index (χ0n) is 21.2. The van der Waals surface area contributed by atoms with Crippen LogP contribution in [0.5, 0.6) is 5.75 Å². The minimum Gasteiger partial charge on any atom is -0.494 e. The molecule has 0 unspecified atom stereocenters. The lowest BCUT2D eigenvalue weighted by Crippen LogP contribution is -2.14. The average molecular weight is 429 g/mol. The molecule has 1 aromatic rings. The predicted octanol–water partition coefficient (Wildman–Crippen LogP) is 10.1. The predicted molar refractivity (Wildman–Crippen MR) is 137 cm³/mol. The van der Waals surface area contributed by atoms with E-state index < -0.39 is 0 Å². The van der Waals surface area contributed by atoms with E-state index in [-0.39, 0.29) is 0 Å². The number of ether oxygens (including phenoxy) is 1. The fourth-order valence-electron chi connectivity index (χ4n) is 5.42. The molecule has 0 bridgehead atoms. The Morgan fingerprint density at radius 1 is 0.710 bits per heavy atom. The zero-order chi connectivity index (χ0) is 22.2. The number of unbranched alkanes of at least 4 members (excludes halogenated alkanes) is 11. The highest BCUT2D eigenvalue weighted by molar-refractivity contribution is 5.37. The molecule has 178 valence electrons. The summed E-state index contributed by atoms with van der Waals surface area (Å²) in [5.41, 5.74) is 3.03. The van der Waals surface area contributed by atoms with Gasteiger partial charge in [0.2, 0.25) is 0 Å². The van der Waals surface area contributed by atoms with Crippen LogP contribution in [0, 0.1) is 12.8 Å². The first-order valence-corrected chi connectivity index (χ1v) is 14.0. The largest absolute Gasteiger partial charge is 0.494 e. The first kappa shape index (κ1) is 26.3. The summed E-state index contributed by atoms with van der Waals surface area (Å²) in [6.07, 6.45) is 25.1. The Morgan fingerprint density at radius 3 is 1.90 bits per heavy atom.